The maximum Gasteiger partial charge on any atom is 0.351 e. The lowest BCUT2D eigenvalue weighted by Crippen LogP contribution is -2.19. The SMILES string of the molecule is COC(=O)c1sc(OCCN(C)C)nc1Cl. The molecule has 1 aromatic rings. The van der Waals surface area contributed by atoms with Gasteiger partial charge in [0, 0.05) is 6.54 Å². The van der Waals surface area contributed by atoms with Crippen LogP contribution in [0, 0.1) is 0 Å². The molecule has 0 aliphatic carbocycles. The molecular formula is C9H13ClN2O3S. The van der Waals surface area contributed by atoms with Crippen molar-refractivity contribution in [3.8, 4) is 5.19 Å². The number of thiazole rings is 1. The average molecular weight is 265 g/mol. The number of aromatic nitrogens is 1. The highest BCUT2D eigenvalue weighted by Gasteiger charge is 2.17. The molecule has 1 aromatic heterocycles. The lowest BCUT2D eigenvalue weighted by molar-refractivity contribution is 0.0606. The van der Waals surface area contributed by atoms with E-state index in [1.807, 2.05) is 19.0 Å². The van der Waals surface area contributed by atoms with E-state index in [0.29, 0.717) is 11.8 Å². The van der Waals surface area contributed by atoms with Gasteiger partial charge in [-0.3, -0.25) is 0 Å². The molecule has 0 bridgehead atoms. The number of carbonyl (C=O) groups excluding carboxylic acids is 1. The van der Waals surface area contributed by atoms with Gasteiger partial charge >= 0.3 is 5.97 Å². The first-order chi connectivity index (χ1) is 7.54. The number of rotatable bonds is 5. The van der Waals surface area contributed by atoms with Crippen LogP contribution in [-0.2, 0) is 4.74 Å². The first-order valence-corrected chi connectivity index (χ1v) is 5.76. The van der Waals surface area contributed by atoms with Crippen molar-refractivity contribution in [1.82, 2.24) is 9.88 Å². The van der Waals surface area contributed by atoms with Gasteiger partial charge in [-0.1, -0.05) is 22.9 Å². The van der Waals surface area contributed by atoms with Crippen molar-refractivity contribution in [2.24, 2.45) is 0 Å². The Kier molecular flexibility index (Phi) is 4.98. The van der Waals surface area contributed by atoms with Gasteiger partial charge in [-0.2, -0.15) is 4.98 Å². The Hall–Kier alpha value is -0.850. The van der Waals surface area contributed by atoms with Crippen LogP contribution in [0.3, 0.4) is 0 Å². The van der Waals surface area contributed by atoms with E-state index in [1.54, 1.807) is 0 Å². The van der Waals surface area contributed by atoms with Crippen LogP contribution in [0.5, 0.6) is 5.19 Å². The van der Waals surface area contributed by atoms with E-state index in [9.17, 15) is 4.79 Å². The van der Waals surface area contributed by atoms with Gasteiger partial charge in [-0.25, -0.2) is 4.79 Å². The summed E-state index contributed by atoms with van der Waals surface area (Å²) < 4.78 is 9.90. The molecule has 0 aromatic carbocycles. The number of methoxy groups -OCH3 is 1. The van der Waals surface area contributed by atoms with Gasteiger partial charge in [0.1, 0.15) is 6.61 Å². The van der Waals surface area contributed by atoms with E-state index >= 15 is 0 Å². The minimum absolute atomic E-state index is 0.122. The van der Waals surface area contributed by atoms with Crippen LogP contribution in [0.2, 0.25) is 5.15 Å². The predicted molar refractivity (Wildman–Crippen MR) is 62.5 cm³/mol. The van der Waals surface area contributed by atoms with Gasteiger partial charge in [0.2, 0.25) is 0 Å². The minimum atomic E-state index is -0.495. The molecule has 7 heteroatoms. The van der Waals surface area contributed by atoms with Gasteiger partial charge < -0.3 is 14.4 Å². The standard InChI is InChI=1S/C9H13ClN2O3S/c1-12(2)4-5-15-9-11-7(10)6(16-9)8(13)14-3/h4-5H2,1-3H3. The maximum absolute atomic E-state index is 11.2. The van der Waals surface area contributed by atoms with Gasteiger partial charge in [0.15, 0.2) is 10.0 Å². The second kappa shape index (κ2) is 6.03. The zero-order valence-electron chi connectivity index (χ0n) is 9.32. The normalized spacial score (nSPS) is 10.6. The van der Waals surface area contributed by atoms with E-state index < -0.39 is 5.97 Å². The molecule has 0 unspecified atom stereocenters. The monoisotopic (exact) mass is 264 g/mol. The summed E-state index contributed by atoms with van der Waals surface area (Å²) in [4.78, 5) is 17.4. The fourth-order valence-electron chi connectivity index (χ4n) is 0.879. The van der Waals surface area contributed by atoms with Gasteiger partial charge in [0.25, 0.3) is 5.19 Å². The third-order valence-corrected chi connectivity index (χ3v) is 3.03. The molecule has 0 aliphatic rings. The number of likely N-dealkylation sites (N-methyl/N-ethyl adjacent to an activating group) is 1. The Bertz CT molecular complexity index is 368. The van der Waals surface area contributed by atoms with Crippen molar-refractivity contribution in [1.29, 1.82) is 0 Å². The number of nitrogens with zero attached hydrogens (tertiary/aromatic N) is 2. The van der Waals surface area contributed by atoms with Gasteiger partial charge in [-0.05, 0) is 14.1 Å². The highest BCUT2D eigenvalue weighted by Crippen LogP contribution is 2.29. The number of esters is 1. The van der Waals surface area contributed by atoms with Crippen LogP contribution < -0.4 is 4.74 Å². The number of hydrogen-bond acceptors (Lipinski definition) is 6. The number of carbonyl (C=O) groups is 1. The van der Waals surface area contributed by atoms with E-state index in [0.717, 1.165) is 17.9 Å². The molecule has 0 N–H and O–H groups in total. The van der Waals surface area contributed by atoms with Crippen LogP contribution >= 0.6 is 22.9 Å². The molecular weight excluding hydrogens is 252 g/mol. The lowest BCUT2D eigenvalue weighted by atomic mass is 10.6. The van der Waals surface area contributed by atoms with E-state index in [4.69, 9.17) is 16.3 Å². The lowest BCUT2D eigenvalue weighted by Gasteiger charge is -2.08. The van der Waals surface area contributed by atoms with Crippen molar-refractivity contribution in [2.75, 3.05) is 34.4 Å². The van der Waals surface area contributed by atoms with E-state index in [1.165, 1.54) is 7.11 Å². The van der Waals surface area contributed by atoms with Crippen LogP contribution in [0.15, 0.2) is 0 Å². The molecule has 0 saturated carbocycles. The molecule has 0 aliphatic heterocycles. The molecule has 0 atom stereocenters. The predicted octanol–water partition coefficient (Wildman–Crippen LogP) is 1.52. The third-order valence-electron chi connectivity index (χ3n) is 1.70. The highest BCUT2D eigenvalue weighted by molar-refractivity contribution is 7.15. The molecule has 0 amide bonds. The van der Waals surface area contributed by atoms with Crippen LogP contribution in [0.1, 0.15) is 9.67 Å². The second-order valence-corrected chi connectivity index (χ2v) is 4.56. The topological polar surface area (TPSA) is 51.7 Å². The summed E-state index contributed by atoms with van der Waals surface area (Å²) in [6.07, 6.45) is 0. The largest absolute Gasteiger partial charge is 0.469 e. The molecule has 0 fully saturated rings. The zero-order chi connectivity index (χ0) is 12.1. The first kappa shape index (κ1) is 13.2. The van der Waals surface area contributed by atoms with Gasteiger partial charge in [-0.15, -0.1) is 0 Å². The molecule has 1 rings (SSSR count). The summed E-state index contributed by atoms with van der Waals surface area (Å²) in [7, 11) is 5.18. The summed E-state index contributed by atoms with van der Waals surface area (Å²) in [5.74, 6) is -0.495. The van der Waals surface area contributed by atoms with Crippen molar-refractivity contribution in [3.63, 3.8) is 0 Å². The Labute approximate surface area is 103 Å². The summed E-state index contributed by atoms with van der Waals surface area (Å²) in [5.41, 5.74) is 0. The summed E-state index contributed by atoms with van der Waals surface area (Å²) in [5, 5.41) is 0.504. The zero-order valence-corrected chi connectivity index (χ0v) is 10.9. The van der Waals surface area contributed by atoms with Gasteiger partial charge in [0.05, 0.1) is 7.11 Å². The van der Waals surface area contributed by atoms with E-state index in [2.05, 4.69) is 9.72 Å². The summed E-state index contributed by atoms with van der Waals surface area (Å²) in [6, 6.07) is 0. The number of halogens is 1. The Morgan fingerprint density at radius 2 is 2.25 bits per heavy atom. The van der Waals surface area contributed by atoms with Crippen molar-refractivity contribution in [2.45, 2.75) is 0 Å². The smallest absolute Gasteiger partial charge is 0.351 e. The Morgan fingerprint density at radius 1 is 1.56 bits per heavy atom. The molecule has 5 nitrogen and oxygen atoms in total. The summed E-state index contributed by atoms with van der Waals surface area (Å²) >= 11 is 6.85. The van der Waals surface area contributed by atoms with Crippen molar-refractivity contribution >= 4 is 28.9 Å². The molecule has 0 saturated heterocycles. The molecule has 0 radical (unpaired) electrons. The van der Waals surface area contributed by atoms with Crippen LogP contribution in [0.25, 0.3) is 0 Å². The first-order valence-electron chi connectivity index (χ1n) is 4.56. The number of hydrogen-bond donors (Lipinski definition) is 0. The van der Waals surface area contributed by atoms with Crippen LogP contribution in [-0.4, -0.2) is 50.2 Å². The third kappa shape index (κ3) is 3.62. The Morgan fingerprint density at radius 3 is 2.81 bits per heavy atom. The van der Waals surface area contributed by atoms with Crippen molar-refractivity contribution < 1.29 is 14.3 Å². The quantitative estimate of drug-likeness (QED) is 0.755. The molecule has 16 heavy (non-hydrogen) atoms. The maximum atomic E-state index is 11.2. The second-order valence-electron chi connectivity index (χ2n) is 3.24. The molecule has 90 valence electrons. The summed E-state index contributed by atoms with van der Waals surface area (Å²) in [6.45, 7) is 1.27. The average Bonchev–Trinajstić information content (AvgIpc) is 2.58. The highest BCUT2D eigenvalue weighted by atomic mass is 35.5. The van der Waals surface area contributed by atoms with Crippen molar-refractivity contribution in [3.05, 3.63) is 10.0 Å². The van der Waals surface area contributed by atoms with E-state index in [-0.39, 0.29) is 10.0 Å². The molecule has 1 heterocycles. The number of ether oxygens (including phenoxy) is 2. The Balaban J connectivity index is 2.59. The molecule has 0 spiro atoms. The fourth-order valence-corrected chi connectivity index (χ4v) is 1.95. The fraction of sp³-hybridized carbons (Fsp3) is 0.556. The van der Waals surface area contributed by atoms with Crippen LogP contribution in [0.4, 0.5) is 0 Å². The minimum Gasteiger partial charge on any atom is -0.469 e.